The fraction of sp³-hybridized carbons (Fsp3) is 0.389. The molecule has 1 heterocycles. The maximum absolute atomic E-state index is 12.6. The summed E-state index contributed by atoms with van der Waals surface area (Å²) in [6, 6.07) is 6.93. The Morgan fingerprint density at radius 1 is 1.26 bits per heavy atom. The van der Waals surface area contributed by atoms with Crippen molar-refractivity contribution in [3.63, 3.8) is 0 Å². The van der Waals surface area contributed by atoms with E-state index in [1.54, 1.807) is 30.5 Å². The topological polar surface area (TPSA) is 64.0 Å². The van der Waals surface area contributed by atoms with Gasteiger partial charge in [-0.25, -0.2) is 0 Å². The summed E-state index contributed by atoms with van der Waals surface area (Å²) in [5.74, 6) is -0.242. The summed E-state index contributed by atoms with van der Waals surface area (Å²) in [6.45, 7) is 9.60. The molecule has 0 saturated carbocycles. The summed E-state index contributed by atoms with van der Waals surface area (Å²) in [4.78, 5) is 24.0. The number of rotatable bonds is 4. The molecule has 0 radical (unpaired) electrons. The molecule has 1 aromatic carbocycles. The first-order chi connectivity index (χ1) is 10.7. The fourth-order valence-electron chi connectivity index (χ4n) is 2.22. The predicted octanol–water partition coefficient (Wildman–Crippen LogP) is 3.66. The summed E-state index contributed by atoms with van der Waals surface area (Å²) in [7, 11) is 0. The minimum absolute atomic E-state index is 0.0316. The molecule has 2 aromatic rings. The predicted molar refractivity (Wildman–Crippen MR) is 91.0 cm³/mol. The first kappa shape index (κ1) is 16.9. The molecule has 1 amide bonds. The van der Waals surface area contributed by atoms with Gasteiger partial charge in [0.25, 0.3) is 5.91 Å². The first-order valence-corrected chi connectivity index (χ1v) is 7.73. The van der Waals surface area contributed by atoms with Crippen molar-refractivity contribution in [1.82, 2.24) is 9.78 Å². The van der Waals surface area contributed by atoms with E-state index in [0.717, 1.165) is 5.69 Å². The number of anilines is 1. The van der Waals surface area contributed by atoms with Crippen molar-refractivity contribution in [1.29, 1.82) is 0 Å². The van der Waals surface area contributed by atoms with E-state index >= 15 is 0 Å². The van der Waals surface area contributed by atoms with Crippen LogP contribution < -0.4 is 5.32 Å². The van der Waals surface area contributed by atoms with E-state index < -0.39 is 0 Å². The van der Waals surface area contributed by atoms with Crippen LogP contribution in [0.5, 0.6) is 0 Å². The molecule has 1 aromatic heterocycles. The quantitative estimate of drug-likeness (QED) is 0.876. The molecule has 0 bridgehead atoms. The summed E-state index contributed by atoms with van der Waals surface area (Å²) in [5, 5.41) is 7.36. The molecule has 2 rings (SSSR count). The second-order valence-electron chi connectivity index (χ2n) is 6.55. The SMILES string of the molecule is CCc1nn(C(C)(C)C)cc1C(=O)Nc1cccc(C(C)=O)c1. The summed E-state index contributed by atoms with van der Waals surface area (Å²) < 4.78 is 1.81. The number of amides is 1. The zero-order valence-electron chi connectivity index (χ0n) is 14.3. The first-order valence-electron chi connectivity index (χ1n) is 7.73. The Morgan fingerprint density at radius 3 is 2.52 bits per heavy atom. The van der Waals surface area contributed by atoms with E-state index in [0.29, 0.717) is 23.2 Å². The lowest BCUT2D eigenvalue weighted by Crippen LogP contribution is -2.22. The van der Waals surface area contributed by atoms with E-state index in [1.165, 1.54) is 6.92 Å². The molecule has 0 fully saturated rings. The highest BCUT2D eigenvalue weighted by molar-refractivity contribution is 6.05. The van der Waals surface area contributed by atoms with Gasteiger partial charge in [0.05, 0.1) is 16.8 Å². The molecule has 1 N–H and O–H groups in total. The molecule has 0 spiro atoms. The minimum atomic E-state index is -0.210. The molecule has 23 heavy (non-hydrogen) atoms. The Balaban J connectivity index is 2.29. The van der Waals surface area contributed by atoms with Gasteiger partial charge in [-0.15, -0.1) is 0 Å². The fourth-order valence-corrected chi connectivity index (χ4v) is 2.22. The van der Waals surface area contributed by atoms with E-state index in [1.807, 2.05) is 32.4 Å². The third-order valence-electron chi connectivity index (χ3n) is 3.58. The van der Waals surface area contributed by atoms with Crippen LogP contribution >= 0.6 is 0 Å². The van der Waals surface area contributed by atoms with Crippen molar-refractivity contribution >= 4 is 17.4 Å². The lowest BCUT2D eigenvalue weighted by atomic mass is 10.1. The number of Topliss-reactive ketones (excluding diaryl/α,β-unsaturated/α-hetero) is 1. The van der Waals surface area contributed by atoms with Gasteiger partial charge in [-0.1, -0.05) is 19.1 Å². The second kappa shape index (κ2) is 6.36. The second-order valence-corrected chi connectivity index (χ2v) is 6.55. The minimum Gasteiger partial charge on any atom is -0.322 e. The van der Waals surface area contributed by atoms with Gasteiger partial charge in [-0.05, 0) is 46.2 Å². The molecule has 0 unspecified atom stereocenters. The largest absolute Gasteiger partial charge is 0.322 e. The molecule has 5 heteroatoms. The van der Waals surface area contributed by atoms with Gasteiger partial charge in [0.15, 0.2) is 5.78 Å². The van der Waals surface area contributed by atoms with Gasteiger partial charge in [0.1, 0.15) is 0 Å². The van der Waals surface area contributed by atoms with E-state index in [9.17, 15) is 9.59 Å². The van der Waals surface area contributed by atoms with Crippen molar-refractivity contribution < 1.29 is 9.59 Å². The lowest BCUT2D eigenvalue weighted by Gasteiger charge is -2.18. The van der Waals surface area contributed by atoms with Crippen LogP contribution in [-0.4, -0.2) is 21.5 Å². The Morgan fingerprint density at radius 2 is 1.96 bits per heavy atom. The molecule has 122 valence electrons. The highest BCUT2D eigenvalue weighted by Crippen LogP contribution is 2.19. The monoisotopic (exact) mass is 313 g/mol. The zero-order valence-corrected chi connectivity index (χ0v) is 14.3. The highest BCUT2D eigenvalue weighted by atomic mass is 16.1. The van der Waals surface area contributed by atoms with Gasteiger partial charge in [0, 0.05) is 17.4 Å². The van der Waals surface area contributed by atoms with Crippen molar-refractivity contribution in [2.24, 2.45) is 0 Å². The molecule has 0 aliphatic heterocycles. The van der Waals surface area contributed by atoms with E-state index in [4.69, 9.17) is 0 Å². The van der Waals surface area contributed by atoms with Crippen LogP contribution in [0.4, 0.5) is 5.69 Å². The van der Waals surface area contributed by atoms with Crippen molar-refractivity contribution in [2.75, 3.05) is 5.32 Å². The molecule has 0 atom stereocenters. The van der Waals surface area contributed by atoms with E-state index in [-0.39, 0.29) is 17.2 Å². The number of hydrogen-bond donors (Lipinski definition) is 1. The Hall–Kier alpha value is -2.43. The van der Waals surface area contributed by atoms with Crippen LogP contribution in [0.25, 0.3) is 0 Å². The lowest BCUT2D eigenvalue weighted by molar-refractivity contribution is 0.101. The van der Waals surface area contributed by atoms with Crippen LogP contribution in [0.2, 0.25) is 0 Å². The van der Waals surface area contributed by atoms with Crippen LogP contribution in [0.1, 0.15) is 61.0 Å². The maximum atomic E-state index is 12.6. The number of carbonyl (C=O) groups is 2. The van der Waals surface area contributed by atoms with Gasteiger partial charge in [0.2, 0.25) is 0 Å². The Bertz CT molecular complexity index is 739. The average Bonchev–Trinajstić information content (AvgIpc) is 2.92. The number of ketones is 1. The summed E-state index contributed by atoms with van der Waals surface area (Å²) in [5.41, 5.74) is 2.32. The number of carbonyl (C=O) groups excluding carboxylic acids is 2. The van der Waals surface area contributed by atoms with Crippen molar-refractivity contribution in [3.8, 4) is 0 Å². The van der Waals surface area contributed by atoms with Crippen LogP contribution in [0.15, 0.2) is 30.5 Å². The summed E-state index contributed by atoms with van der Waals surface area (Å²) >= 11 is 0. The Kier molecular flexibility index (Phi) is 4.68. The third-order valence-corrected chi connectivity index (χ3v) is 3.58. The van der Waals surface area contributed by atoms with Crippen LogP contribution in [-0.2, 0) is 12.0 Å². The smallest absolute Gasteiger partial charge is 0.259 e. The van der Waals surface area contributed by atoms with Crippen molar-refractivity contribution in [3.05, 3.63) is 47.3 Å². The average molecular weight is 313 g/mol. The zero-order chi connectivity index (χ0) is 17.2. The molecular weight excluding hydrogens is 290 g/mol. The van der Waals surface area contributed by atoms with Gasteiger partial charge >= 0.3 is 0 Å². The highest BCUT2D eigenvalue weighted by Gasteiger charge is 2.21. The standard InChI is InChI=1S/C18H23N3O2/c1-6-16-15(11-21(20-16)18(3,4)5)17(23)19-14-9-7-8-13(10-14)12(2)22/h7-11H,6H2,1-5H3,(H,19,23). The molecule has 0 aliphatic rings. The molecular formula is C18H23N3O2. The summed E-state index contributed by atoms with van der Waals surface area (Å²) in [6.07, 6.45) is 2.46. The normalized spacial score (nSPS) is 11.3. The van der Waals surface area contributed by atoms with Crippen LogP contribution in [0, 0.1) is 0 Å². The third kappa shape index (κ3) is 3.86. The number of aryl methyl sites for hydroxylation is 1. The Labute approximate surface area is 136 Å². The van der Waals surface area contributed by atoms with Gasteiger partial charge in [-0.3, -0.25) is 14.3 Å². The van der Waals surface area contributed by atoms with Gasteiger partial charge in [-0.2, -0.15) is 5.10 Å². The number of hydrogen-bond acceptors (Lipinski definition) is 3. The maximum Gasteiger partial charge on any atom is 0.259 e. The molecule has 0 saturated heterocycles. The van der Waals surface area contributed by atoms with E-state index in [2.05, 4.69) is 10.4 Å². The number of aromatic nitrogens is 2. The van der Waals surface area contributed by atoms with Crippen LogP contribution in [0.3, 0.4) is 0 Å². The van der Waals surface area contributed by atoms with Crippen molar-refractivity contribution in [2.45, 2.75) is 46.6 Å². The number of nitrogens with zero attached hydrogens (tertiary/aromatic N) is 2. The molecule has 5 nitrogen and oxygen atoms in total. The number of benzene rings is 1. The van der Waals surface area contributed by atoms with Gasteiger partial charge < -0.3 is 5.32 Å². The number of nitrogens with one attached hydrogen (secondary N) is 1. The molecule has 0 aliphatic carbocycles.